The topological polar surface area (TPSA) is 79.5 Å². The quantitative estimate of drug-likeness (QED) is 0.811. The molecule has 0 aromatic carbocycles. The lowest BCUT2D eigenvalue weighted by Gasteiger charge is -2.24. The smallest absolute Gasteiger partial charge is 0.242 e. The molecule has 3 heterocycles. The third-order valence-electron chi connectivity index (χ3n) is 3.57. The van der Waals surface area contributed by atoms with Crippen molar-refractivity contribution in [3.05, 3.63) is 11.7 Å². The highest BCUT2D eigenvalue weighted by Crippen LogP contribution is 2.30. The molecule has 0 spiro atoms. The van der Waals surface area contributed by atoms with Crippen LogP contribution in [0.1, 0.15) is 30.6 Å². The van der Waals surface area contributed by atoms with Crippen LogP contribution < -0.4 is 0 Å². The number of aromatic nitrogens is 2. The summed E-state index contributed by atoms with van der Waals surface area (Å²) in [4.78, 5) is 31.5. The van der Waals surface area contributed by atoms with Crippen molar-refractivity contribution in [2.45, 2.75) is 25.8 Å². The van der Waals surface area contributed by atoms with Gasteiger partial charge in [0.25, 0.3) is 0 Å². The summed E-state index contributed by atoms with van der Waals surface area (Å²) in [6.45, 7) is 2.57. The molecule has 0 aliphatic carbocycles. The lowest BCUT2D eigenvalue weighted by Crippen LogP contribution is -2.41. The second kappa shape index (κ2) is 5.43. The van der Waals surface area contributed by atoms with Crippen molar-refractivity contribution in [3.8, 4) is 0 Å². The lowest BCUT2D eigenvalue weighted by molar-refractivity contribution is -0.138. The summed E-state index contributed by atoms with van der Waals surface area (Å²) in [6.07, 6.45) is 1.76. The standard InChI is InChI=1S/C12H16N4O3S/c1-8-13-12(14-19-8)9-3-2-4-16(9)10(17)5-15-7-20-6-11(15)18/h9H,2-7H2,1H3. The minimum Gasteiger partial charge on any atom is -0.340 e. The van der Waals surface area contributed by atoms with Gasteiger partial charge in [-0.05, 0) is 12.8 Å². The molecule has 7 nitrogen and oxygen atoms in total. The van der Waals surface area contributed by atoms with Gasteiger partial charge in [-0.15, -0.1) is 11.8 Å². The number of nitrogens with zero attached hydrogens (tertiary/aromatic N) is 4. The van der Waals surface area contributed by atoms with Gasteiger partial charge in [0.15, 0.2) is 5.82 Å². The van der Waals surface area contributed by atoms with Gasteiger partial charge in [-0.1, -0.05) is 5.16 Å². The summed E-state index contributed by atoms with van der Waals surface area (Å²) in [5.74, 6) is 2.15. The number of hydrogen-bond donors (Lipinski definition) is 0. The molecule has 0 bridgehead atoms. The Balaban J connectivity index is 1.68. The number of likely N-dealkylation sites (tertiary alicyclic amines) is 1. The molecular weight excluding hydrogens is 280 g/mol. The third kappa shape index (κ3) is 2.52. The summed E-state index contributed by atoms with van der Waals surface area (Å²) >= 11 is 1.54. The fourth-order valence-electron chi connectivity index (χ4n) is 2.58. The van der Waals surface area contributed by atoms with Crippen LogP contribution in [0.15, 0.2) is 4.52 Å². The van der Waals surface area contributed by atoms with E-state index in [-0.39, 0.29) is 24.4 Å². The molecule has 2 fully saturated rings. The molecule has 2 amide bonds. The molecule has 2 aliphatic rings. The lowest BCUT2D eigenvalue weighted by atomic mass is 10.2. The number of aryl methyl sites for hydroxylation is 1. The number of carbonyl (C=O) groups excluding carboxylic acids is 2. The zero-order valence-corrected chi connectivity index (χ0v) is 12.1. The van der Waals surface area contributed by atoms with Crippen molar-refractivity contribution in [1.82, 2.24) is 19.9 Å². The largest absolute Gasteiger partial charge is 0.340 e. The molecule has 2 saturated heterocycles. The minimum absolute atomic E-state index is 0.0363. The van der Waals surface area contributed by atoms with E-state index in [4.69, 9.17) is 4.52 Å². The van der Waals surface area contributed by atoms with Crippen molar-refractivity contribution in [2.24, 2.45) is 0 Å². The van der Waals surface area contributed by atoms with Crippen LogP contribution in [0.25, 0.3) is 0 Å². The molecular formula is C12H16N4O3S. The molecule has 0 N–H and O–H groups in total. The van der Waals surface area contributed by atoms with Crippen molar-refractivity contribution >= 4 is 23.6 Å². The highest BCUT2D eigenvalue weighted by atomic mass is 32.2. The summed E-state index contributed by atoms with van der Waals surface area (Å²) in [5, 5.41) is 3.91. The summed E-state index contributed by atoms with van der Waals surface area (Å²) < 4.78 is 4.99. The highest BCUT2D eigenvalue weighted by Gasteiger charge is 2.35. The van der Waals surface area contributed by atoms with Gasteiger partial charge in [0.2, 0.25) is 17.7 Å². The van der Waals surface area contributed by atoms with Gasteiger partial charge in [0.1, 0.15) is 6.54 Å². The normalized spacial score (nSPS) is 22.9. The minimum atomic E-state index is -0.120. The van der Waals surface area contributed by atoms with E-state index in [1.165, 1.54) is 0 Å². The molecule has 108 valence electrons. The molecule has 1 aromatic rings. The second-order valence-electron chi connectivity index (χ2n) is 4.99. The Kier molecular flexibility index (Phi) is 3.64. The summed E-state index contributed by atoms with van der Waals surface area (Å²) in [6, 6.07) is -0.120. The Morgan fingerprint density at radius 3 is 3.05 bits per heavy atom. The average Bonchev–Trinajstić information content (AvgIpc) is 3.11. The van der Waals surface area contributed by atoms with Crippen molar-refractivity contribution in [1.29, 1.82) is 0 Å². The monoisotopic (exact) mass is 296 g/mol. The fraction of sp³-hybridized carbons (Fsp3) is 0.667. The predicted octanol–water partition coefficient (Wildman–Crippen LogP) is 0.574. The van der Waals surface area contributed by atoms with Crippen LogP contribution in [0.4, 0.5) is 0 Å². The first-order valence-electron chi connectivity index (χ1n) is 6.60. The third-order valence-corrected chi connectivity index (χ3v) is 4.51. The fourth-order valence-corrected chi connectivity index (χ4v) is 3.48. The average molecular weight is 296 g/mol. The summed E-state index contributed by atoms with van der Waals surface area (Å²) in [5.41, 5.74) is 0. The first kappa shape index (κ1) is 13.4. The SMILES string of the molecule is Cc1nc(C2CCCN2C(=O)CN2CSCC2=O)no1. The van der Waals surface area contributed by atoms with Crippen LogP contribution in [0, 0.1) is 6.92 Å². The highest BCUT2D eigenvalue weighted by molar-refractivity contribution is 8.00. The number of hydrogen-bond acceptors (Lipinski definition) is 6. The van der Waals surface area contributed by atoms with Crippen LogP contribution in [0.3, 0.4) is 0 Å². The molecule has 2 aliphatic heterocycles. The van der Waals surface area contributed by atoms with Gasteiger partial charge in [0, 0.05) is 13.5 Å². The van der Waals surface area contributed by atoms with Crippen LogP contribution in [0.5, 0.6) is 0 Å². The number of amides is 2. The van der Waals surface area contributed by atoms with E-state index in [1.807, 2.05) is 0 Å². The van der Waals surface area contributed by atoms with Crippen LogP contribution in [0.2, 0.25) is 0 Å². The first-order valence-corrected chi connectivity index (χ1v) is 7.76. The van der Waals surface area contributed by atoms with Gasteiger partial charge in [-0.25, -0.2) is 0 Å². The van der Waals surface area contributed by atoms with Crippen molar-refractivity contribution in [2.75, 3.05) is 24.7 Å². The summed E-state index contributed by atoms with van der Waals surface area (Å²) in [7, 11) is 0. The van der Waals surface area contributed by atoms with Gasteiger partial charge in [-0.2, -0.15) is 4.98 Å². The molecule has 20 heavy (non-hydrogen) atoms. The molecule has 1 atom stereocenters. The predicted molar refractivity (Wildman–Crippen MR) is 71.8 cm³/mol. The van der Waals surface area contributed by atoms with Crippen LogP contribution in [-0.4, -0.2) is 56.5 Å². The Morgan fingerprint density at radius 2 is 2.40 bits per heavy atom. The number of carbonyl (C=O) groups is 2. The van der Waals surface area contributed by atoms with Crippen LogP contribution in [-0.2, 0) is 9.59 Å². The molecule has 1 aromatic heterocycles. The van der Waals surface area contributed by atoms with E-state index >= 15 is 0 Å². The maximum Gasteiger partial charge on any atom is 0.242 e. The van der Waals surface area contributed by atoms with E-state index in [2.05, 4.69) is 10.1 Å². The molecule has 0 radical (unpaired) electrons. The zero-order valence-electron chi connectivity index (χ0n) is 11.2. The second-order valence-corrected chi connectivity index (χ2v) is 5.94. The van der Waals surface area contributed by atoms with E-state index in [0.717, 1.165) is 12.8 Å². The van der Waals surface area contributed by atoms with Crippen molar-refractivity contribution in [3.63, 3.8) is 0 Å². The number of rotatable bonds is 3. The van der Waals surface area contributed by atoms with E-state index in [1.54, 1.807) is 28.5 Å². The maximum absolute atomic E-state index is 12.4. The molecule has 1 unspecified atom stereocenters. The van der Waals surface area contributed by atoms with Crippen LogP contribution >= 0.6 is 11.8 Å². The van der Waals surface area contributed by atoms with Gasteiger partial charge in [0.05, 0.1) is 17.7 Å². The Morgan fingerprint density at radius 1 is 1.55 bits per heavy atom. The van der Waals surface area contributed by atoms with Crippen molar-refractivity contribution < 1.29 is 14.1 Å². The Labute approximate surface area is 120 Å². The molecule has 0 saturated carbocycles. The molecule has 8 heteroatoms. The first-order chi connectivity index (χ1) is 9.65. The Hall–Kier alpha value is -1.57. The van der Waals surface area contributed by atoms with Gasteiger partial charge in [-0.3, -0.25) is 9.59 Å². The van der Waals surface area contributed by atoms with E-state index in [9.17, 15) is 9.59 Å². The zero-order chi connectivity index (χ0) is 14.1. The Bertz CT molecular complexity index is 533. The number of thioether (sulfide) groups is 1. The maximum atomic E-state index is 12.4. The molecule has 3 rings (SSSR count). The van der Waals surface area contributed by atoms with E-state index < -0.39 is 0 Å². The van der Waals surface area contributed by atoms with Gasteiger partial charge >= 0.3 is 0 Å². The van der Waals surface area contributed by atoms with E-state index in [0.29, 0.717) is 29.9 Å². The van der Waals surface area contributed by atoms with Gasteiger partial charge < -0.3 is 14.3 Å².